The van der Waals surface area contributed by atoms with Crippen molar-refractivity contribution in [2.75, 3.05) is 13.1 Å². The number of rotatable bonds is 4. The second-order valence-electron chi connectivity index (χ2n) is 1.77. The van der Waals surface area contributed by atoms with Crippen LogP contribution in [0.1, 0.15) is 13.3 Å². The summed E-state index contributed by atoms with van der Waals surface area (Å²) in [4.78, 5) is 0. The van der Waals surface area contributed by atoms with E-state index in [1.165, 1.54) is 0 Å². The number of halogens is 2. The Morgan fingerprint density at radius 2 is 2.20 bits per heavy atom. The molecule has 3 heteroatoms. The lowest BCUT2D eigenvalue weighted by Gasteiger charge is -1.98. The summed E-state index contributed by atoms with van der Waals surface area (Å²) in [6, 6.07) is 0. The van der Waals surface area contributed by atoms with Crippen molar-refractivity contribution >= 4 is 0 Å². The molecular weight excluding hydrogens is 136 g/mol. The summed E-state index contributed by atoms with van der Waals surface area (Å²) >= 11 is 0. The molecule has 1 nitrogen and oxygen atoms in total. The van der Waals surface area contributed by atoms with Crippen molar-refractivity contribution in [1.82, 2.24) is 5.32 Å². The van der Waals surface area contributed by atoms with Crippen LogP contribution in [0.4, 0.5) is 8.78 Å². The van der Waals surface area contributed by atoms with Gasteiger partial charge in [-0.1, -0.05) is 0 Å². The monoisotopic (exact) mass is 147 g/mol. The molecule has 1 N–H and O–H groups in total. The Balaban J connectivity index is 2.96. The molecule has 0 spiro atoms. The van der Waals surface area contributed by atoms with E-state index in [-0.39, 0.29) is 6.54 Å². The van der Waals surface area contributed by atoms with Crippen LogP contribution >= 0.6 is 0 Å². The fourth-order valence-corrected chi connectivity index (χ4v) is 0.487. The third-order valence-electron chi connectivity index (χ3n) is 0.902. The first kappa shape index (κ1) is 9.38. The second kappa shape index (κ2) is 6.50. The van der Waals surface area contributed by atoms with Gasteiger partial charge in [-0.2, -0.15) is 0 Å². The number of hydrogen-bond acceptors (Lipinski definition) is 1. The molecule has 0 bridgehead atoms. The number of nitrogens with one attached hydrogen (secondary N) is 1. The predicted molar refractivity (Wildman–Crippen MR) is 36.9 cm³/mol. The lowest BCUT2D eigenvalue weighted by Crippen LogP contribution is -2.21. The van der Waals surface area contributed by atoms with Gasteiger partial charge in [-0.25, -0.2) is 8.78 Å². The van der Waals surface area contributed by atoms with Crippen LogP contribution in [-0.2, 0) is 0 Å². The van der Waals surface area contributed by atoms with E-state index in [0.717, 1.165) is 0 Å². The second-order valence-corrected chi connectivity index (χ2v) is 1.77. The molecule has 0 radical (unpaired) electrons. The zero-order valence-corrected chi connectivity index (χ0v) is 5.95. The van der Waals surface area contributed by atoms with E-state index in [1.54, 1.807) is 6.92 Å². The maximum atomic E-state index is 11.4. The van der Waals surface area contributed by atoms with Gasteiger partial charge in [0.15, 0.2) is 0 Å². The van der Waals surface area contributed by atoms with Gasteiger partial charge < -0.3 is 5.32 Å². The molecule has 10 heavy (non-hydrogen) atoms. The van der Waals surface area contributed by atoms with Crippen molar-refractivity contribution in [2.24, 2.45) is 0 Å². The lowest BCUT2D eigenvalue weighted by molar-refractivity contribution is 0.146. The van der Waals surface area contributed by atoms with Gasteiger partial charge in [0, 0.05) is 13.0 Å². The Morgan fingerprint density at radius 1 is 1.50 bits per heavy atom. The summed E-state index contributed by atoms with van der Waals surface area (Å²) in [5.74, 6) is 5.44. The zero-order chi connectivity index (χ0) is 7.82. The Morgan fingerprint density at radius 3 is 2.70 bits per heavy atom. The largest absolute Gasteiger partial charge is 0.310 e. The fraction of sp³-hybridized carbons (Fsp3) is 0.714. The quantitative estimate of drug-likeness (QED) is 0.466. The van der Waals surface area contributed by atoms with Crippen LogP contribution in [0.5, 0.6) is 0 Å². The van der Waals surface area contributed by atoms with Crippen molar-refractivity contribution in [2.45, 2.75) is 19.8 Å². The minimum Gasteiger partial charge on any atom is -0.310 e. The zero-order valence-electron chi connectivity index (χ0n) is 5.95. The van der Waals surface area contributed by atoms with Crippen LogP contribution in [0.15, 0.2) is 0 Å². The first-order valence-electron chi connectivity index (χ1n) is 3.16. The average molecular weight is 147 g/mol. The number of hydrogen-bond donors (Lipinski definition) is 1. The summed E-state index contributed by atoms with van der Waals surface area (Å²) in [6.45, 7) is 2.05. The molecule has 0 aromatic heterocycles. The highest BCUT2D eigenvalue weighted by atomic mass is 19.3. The molecule has 0 unspecified atom stereocenters. The molecule has 0 saturated heterocycles. The molecular formula is C7H11F2N. The highest BCUT2D eigenvalue weighted by molar-refractivity contribution is 4.95. The van der Waals surface area contributed by atoms with Crippen LogP contribution in [-0.4, -0.2) is 19.5 Å². The Hall–Kier alpha value is -0.620. The van der Waals surface area contributed by atoms with Crippen molar-refractivity contribution in [3.63, 3.8) is 0 Å². The van der Waals surface area contributed by atoms with Gasteiger partial charge in [-0.15, -0.1) is 11.8 Å². The van der Waals surface area contributed by atoms with Crippen LogP contribution in [0.3, 0.4) is 0 Å². The van der Waals surface area contributed by atoms with Crippen LogP contribution in [0.2, 0.25) is 0 Å². The van der Waals surface area contributed by atoms with Gasteiger partial charge in [0.05, 0.1) is 6.54 Å². The lowest BCUT2D eigenvalue weighted by atomic mass is 10.4. The molecule has 0 heterocycles. The van der Waals surface area contributed by atoms with E-state index >= 15 is 0 Å². The van der Waals surface area contributed by atoms with Crippen molar-refractivity contribution in [3.8, 4) is 11.8 Å². The van der Waals surface area contributed by atoms with Gasteiger partial charge in [0.2, 0.25) is 0 Å². The highest BCUT2D eigenvalue weighted by Crippen LogP contribution is 1.87. The highest BCUT2D eigenvalue weighted by Gasteiger charge is 1.98. The maximum absolute atomic E-state index is 11.4. The molecule has 0 fully saturated rings. The third kappa shape index (κ3) is 7.38. The van der Waals surface area contributed by atoms with Crippen LogP contribution < -0.4 is 5.32 Å². The molecule has 0 rings (SSSR count). The maximum Gasteiger partial charge on any atom is 0.250 e. The summed E-state index contributed by atoms with van der Waals surface area (Å²) < 4.78 is 22.9. The van der Waals surface area contributed by atoms with E-state index in [1.807, 2.05) is 0 Å². The first-order valence-corrected chi connectivity index (χ1v) is 3.16. The average Bonchev–Trinajstić information content (AvgIpc) is 1.87. The first-order chi connectivity index (χ1) is 4.77. The minimum absolute atomic E-state index is 0.231. The topological polar surface area (TPSA) is 12.0 Å². The third-order valence-corrected chi connectivity index (χ3v) is 0.902. The normalized spacial score (nSPS) is 9.20. The molecule has 58 valence electrons. The Kier molecular flexibility index (Phi) is 6.10. The van der Waals surface area contributed by atoms with E-state index < -0.39 is 6.43 Å². The van der Waals surface area contributed by atoms with E-state index in [0.29, 0.717) is 13.0 Å². The smallest absolute Gasteiger partial charge is 0.250 e. The van der Waals surface area contributed by atoms with Crippen LogP contribution in [0, 0.1) is 11.8 Å². The minimum atomic E-state index is -2.26. The summed E-state index contributed by atoms with van der Waals surface area (Å²) in [6.07, 6.45) is -1.61. The fourth-order valence-electron chi connectivity index (χ4n) is 0.487. The van der Waals surface area contributed by atoms with E-state index in [4.69, 9.17) is 0 Å². The van der Waals surface area contributed by atoms with Crippen molar-refractivity contribution in [3.05, 3.63) is 0 Å². The molecule has 0 aliphatic carbocycles. The SMILES string of the molecule is CC#CCCNCC(F)F. The van der Waals surface area contributed by atoms with Gasteiger partial charge >= 0.3 is 0 Å². The van der Waals surface area contributed by atoms with E-state index in [9.17, 15) is 8.78 Å². The van der Waals surface area contributed by atoms with Gasteiger partial charge in [0.25, 0.3) is 6.43 Å². The molecule has 0 aromatic carbocycles. The van der Waals surface area contributed by atoms with Gasteiger partial charge in [-0.05, 0) is 6.92 Å². The van der Waals surface area contributed by atoms with Gasteiger partial charge in [-0.3, -0.25) is 0 Å². The van der Waals surface area contributed by atoms with Crippen molar-refractivity contribution in [1.29, 1.82) is 0 Å². The molecule has 0 aliphatic heterocycles. The van der Waals surface area contributed by atoms with Crippen molar-refractivity contribution < 1.29 is 8.78 Å². The Labute approximate surface area is 59.8 Å². The molecule has 0 aliphatic rings. The molecule has 0 atom stereocenters. The summed E-state index contributed by atoms with van der Waals surface area (Å²) in [5, 5.41) is 2.57. The molecule has 0 saturated carbocycles. The van der Waals surface area contributed by atoms with Gasteiger partial charge in [0.1, 0.15) is 0 Å². The number of alkyl halides is 2. The molecule has 0 amide bonds. The van der Waals surface area contributed by atoms with Crippen LogP contribution in [0.25, 0.3) is 0 Å². The predicted octanol–water partition coefficient (Wildman–Crippen LogP) is 1.25. The Bertz CT molecular complexity index is 123. The summed E-state index contributed by atoms with van der Waals surface area (Å²) in [5.41, 5.74) is 0. The van der Waals surface area contributed by atoms with E-state index in [2.05, 4.69) is 17.2 Å². The summed E-state index contributed by atoms with van der Waals surface area (Å²) in [7, 11) is 0. The molecule has 0 aromatic rings. The standard InChI is InChI=1S/C7H11F2N/c1-2-3-4-5-10-6-7(8)9/h7,10H,4-6H2,1H3.